The van der Waals surface area contributed by atoms with Gasteiger partial charge in [0.2, 0.25) is 0 Å². The largest absolute Gasteiger partial charge is 0.500 e. The quantitative estimate of drug-likeness (QED) is 0.0747. The average molecular weight is 731 g/mol. The fourth-order valence-corrected chi connectivity index (χ4v) is 11.6. The lowest BCUT2D eigenvalue weighted by Gasteiger charge is -2.27. The minimum absolute atomic E-state index is 0.333. The fourth-order valence-electron chi connectivity index (χ4n) is 5.68. The predicted molar refractivity (Wildman–Crippen MR) is 184 cm³/mol. The minimum Gasteiger partial charge on any atom is -0.395 e. The van der Waals surface area contributed by atoms with Crippen molar-refractivity contribution in [2.24, 2.45) is 5.92 Å². The molecule has 5 unspecified atom stereocenters. The summed E-state index contributed by atoms with van der Waals surface area (Å²) in [5, 5.41) is 0. The van der Waals surface area contributed by atoms with Crippen molar-refractivity contribution >= 4 is 26.2 Å². The van der Waals surface area contributed by atoms with Gasteiger partial charge in [0, 0.05) is 81.2 Å². The van der Waals surface area contributed by atoms with Crippen LogP contribution in [0.5, 0.6) is 0 Å². The van der Waals surface area contributed by atoms with E-state index in [1.54, 1.807) is 42.7 Å². The second kappa shape index (κ2) is 23.6. The Morgan fingerprint density at radius 3 is 1.51 bits per heavy atom. The molecule has 16 heteroatoms. The summed E-state index contributed by atoms with van der Waals surface area (Å²) in [4.78, 5) is 0. The fraction of sp³-hybridized carbons (Fsp3) is 1.00. The van der Waals surface area contributed by atoms with Crippen molar-refractivity contribution in [3.63, 3.8) is 0 Å². The van der Waals surface area contributed by atoms with E-state index >= 15 is 0 Å². The molecular formula is C31H66O13Si3. The normalized spacial score (nSPS) is 24.8. The van der Waals surface area contributed by atoms with E-state index in [1.165, 1.54) is 19.3 Å². The van der Waals surface area contributed by atoms with Gasteiger partial charge in [0.05, 0.1) is 38.6 Å². The maximum Gasteiger partial charge on any atom is 0.500 e. The Balaban J connectivity index is 0.000000245. The van der Waals surface area contributed by atoms with Gasteiger partial charge in [-0.3, -0.25) is 0 Å². The van der Waals surface area contributed by atoms with Crippen LogP contribution in [-0.2, 0) is 59.1 Å². The van der Waals surface area contributed by atoms with Crippen molar-refractivity contribution in [3.8, 4) is 0 Å². The Morgan fingerprint density at radius 1 is 0.617 bits per heavy atom. The highest BCUT2D eigenvalue weighted by Crippen LogP contribution is 2.41. The van der Waals surface area contributed by atoms with Crippen molar-refractivity contribution in [3.05, 3.63) is 0 Å². The number of rotatable bonds is 25. The lowest BCUT2D eigenvalue weighted by molar-refractivity contribution is 0.100. The molecule has 0 aromatic rings. The molecule has 0 bridgehead atoms. The molecule has 4 rings (SSSR count). The summed E-state index contributed by atoms with van der Waals surface area (Å²) in [6.45, 7) is 12.3. The zero-order valence-corrected chi connectivity index (χ0v) is 33.7. The van der Waals surface area contributed by atoms with Crippen molar-refractivity contribution in [1.29, 1.82) is 0 Å². The zero-order valence-electron chi connectivity index (χ0n) is 30.7. The maximum absolute atomic E-state index is 5.75. The molecule has 47 heavy (non-hydrogen) atoms. The molecule has 3 heterocycles. The highest BCUT2D eigenvalue weighted by atomic mass is 28.4. The van der Waals surface area contributed by atoms with Gasteiger partial charge in [-0.1, -0.05) is 0 Å². The van der Waals surface area contributed by atoms with Gasteiger partial charge < -0.3 is 59.1 Å². The summed E-state index contributed by atoms with van der Waals surface area (Å²) in [5.74, 6) is 0.760. The first-order valence-electron chi connectivity index (χ1n) is 17.3. The average Bonchev–Trinajstić information content (AvgIpc) is 3.94. The third-order valence-electron chi connectivity index (χ3n) is 8.84. The van der Waals surface area contributed by atoms with E-state index in [9.17, 15) is 0 Å². The molecule has 0 aromatic heterocycles. The monoisotopic (exact) mass is 730 g/mol. The van der Waals surface area contributed by atoms with Gasteiger partial charge in [-0.2, -0.15) is 0 Å². The minimum atomic E-state index is -2.39. The van der Waals surface area contributed by atoms with Crippen LogP contribution in [0, 0.1) is 5.92 Å². The lowest BCUT2D eigenvalue weighted by atomic mass is 9.88. The third-order valence-corrected chi connectivity index (χ3v) is 17.5. The maximum atomic E-state index is 5.75. The Hall–Kier alpha value is 0.131. The van der Waals surface area contributed by atoms with E-state index in [0.29, 0.717) is 37.6 Å². The van der Waals surface area contributed by atoms with Crippen LogP contribution in [0.25, 0.3) is 0 Å². The van der Waals surface area contributed by atoms with Crippen molar-refractivity contribution < 1.29 is 59.1 Å². The molecule has 0 spiro atoms. The van der Waals surface area contributed by atoms with Crippen LogP contribution < -0.4 is 0 Å². The van der Waals surface area contributed by atoms with E-state index in [4.69, 9.17) is 59.1 Å². The number of epoxide rings is 3. The zero-order chi connectivity index (χ0) is 34.6. The Morgan fingerprint density at radius 2 is 1.09 bits per heavy atom. The summed E-state index contributed by atoms with van der Waals surface area (Å²) in [6.07, 6.45) is 8.60. The Kier molecular flexibility index (Phi) is 21.7. The summed E-state index contributed by atoms with van der Waals surface area (Å²) >= 11 is 0. The Bertz CT molecular complexity index is 763. The molecule has 0 radical (unpaired) electrons. The summed E-state index contributed by atoms with van der Waals surface area (Å²) < 4.78 is 70.2. The highest BCUT2D eigenvalue weighted by molar-refractivity contribution is 6.66. The van der Waals surface area contributed by atoms with E-state index in [0.717, 1.165) is 83.0 Å². The molecule has 0 aromatic carbocycles. The molecule has 13 nitrogen and oxygen atoms in total. The van der Waals surface area contributed by atoms with Crippen LogP contribution in [0.2, 0.25) is 24.7 Å². The van der Waals surface area contributed by atoms with Gasteiger partial charge in [-0.15, -0.1) is 0 Å². The second-order valence-electron chi connectivity index (χ2n) is 12.3. The Labute approximate surface area is 287 Å². The molecule has 0 amide bonds. The molecule has 0 N–H and O–H groups in total. The molecule has 4 fully saturated rings. The van der Waals surface area contributed by atoms with Crippen LogP contribution in [0.1, 0.15) is 52.4 Å². The number of ether oxygens (including phenoxy) is 5. The topological polar surface area (TPSA) is 130 Å². The van der Waals surface area contributed by atoms with Crippen molar-refractivity contribution in [2.45, 2.75) is 101 Å². The van der Waals surface area contributed by atoms with Crippen molar-refractivity contribution in [2.75, 3.05) is 95.5 Å². The third kappa shape index (κ3) is 17.8. The predicted octanol–water partition coefficient (Wildman–Crippen LogP) is 4.43. The molecular weight excluding hydrogens is 665 g/mol. The van der Waals surface area contributed by atoms with Gasteiger partial charge in [-0.25, -0.2) is 0 Å². The molecule has 1 saturated carbocycles. The first kappa shape index (κ1) is 43.3. The molecule has 5 atom stereocenters. The second-order valence-corrected chi connectivity index (χ2v) is 21.8. The highest BCUT2D eigenvalue weighted by Gasteiger charge is 2.45. The van der Waals surface area contributed by atoms with Gasteiger partial charge in [-0.05, 0) is 70.9 Å². The van der Waals surface area contributed by atoms with E-state index < -0.39 is 26.2 Å². The first-order valence-corrected chi connectivity index (χ1v) is 23.7. The first-order chi connectivity index (χ1) is 22.7. The van der Waals surface area contributed by atoms with Crippen LogP contribution in [0.4, 0.5) is 0 Å². The van der Waals surface area contributed by atoms with E-state index in [1.807, 2.05) is 13.8 Å². The smallest absolute Gasteiger partial charge is 0.395 e. The van der Waals surface area contributed by atoms with Crippen LogP contribution >= 0.6 is 0 Å². The standard InChI is InChI=1S/C11H22O4Si.C11H24O4Si.C9H20O5Si/c1-12-16(13-2,14-3)7-6-9-4-5-10-11(8-9)15-10;1-4-14-16(3,15-5-2)8-6-7-12-9-11-10-13-11;1-10-15(11-2,12-3)6-4-5-13-7-9-8-14-9/h9-11H,4-8H2,1-3H3;11H,4-10H2,1-3H3;9H,4-8H2,1-3H3. The van der Waals surface area contributed by atoms with Gasteiger partial charge >= 0.3 is 26.2 Å². The van der Waals surface area contributed by atoms with E-state index in [-0.39, 0.29) is 0 Å². The molecule has 280 valence electrons. The summed E-state index contributed by atoms with van der Waals surface area (Å²) in [5.41, 5.74) is 0. The van der Waals surface area contributed by atoms with Gasteiger partial charge in [0.1, 0.15) is 12.2 Å². The van der Waals surface area contributed by atoms with Crippen LogP contribution in [0.15, 0.2) is 0 Å². The SMILES string of the molecule is CCO[Si](C)(CCCOCC1CO1)OCC.CO[Si](CCC1CCC2OC2C1)(OC)OC.CO[Si](CCCOCC1CO1)(OC)OC. The molecule has 1 aliphatic carbocycles. The number of fused-ring (bicyclic) bond motifs is 1. The molecule has 3 aliphatic heterocycles. The number of hydrogen-bond donors (Lipinski definition) is 0. The van der Waals surface area contributed by atoms with Gasteiger partial charge in [0.25, 0.3) is 0 Å². The van der Waals surface area contributed by atoms with Crippen molar-refractivity contribution in [1.82, 2.24) is 0 Å². The summed E-state index contributed by atoms with van der Waals surface area (Å²) in [7, 11) is 3.25. The molecule has 3 saturated heterocycles. The van der Waals surface area contributed by atoms with Gasteiger partial charge in [0.15, 0.2) is 0 Å². The van der Waals surface area contributed by atoms with Crippen LogP contribution in [0.3, 0.4) is 0 Å². The lowest BCUT2D eigenvalue weighted by Crippen LogP contribution is -2.43. The number of hydrogen-bond acceptors (Lipinski definition) is 13. The summed E-state index contributed by atoms with van der Waals surface area (Å²) in [6, 6.07) is 2.70. The van der Waals surface area contributed by atoms with E-state index in [2.05, 4.69) is 6.55 Å². The molecule has 4 aliphatic rings. The van der Waals surface area contributed by atoms with Crippen LogP contribution in [-0.4, -0.2) is 146 Å².